The van der Waals surface area contributed by atoms with E-state index in [0.717, 1.165) is 12.1 Å². The van der Waals surface area contributed by atoms with Gasteiger partial charge < -0.3 is 15.2 Å². The number of hydrogen-bond donors (Lipinski definition) is 3. The number of carboxylic acids is 1. The fourth-order valence-electron chi connectivity index (χ4n) is 3.36. The maximum Gasteiger partial charge on any atom is 0.331 e. The quantitative estimate of drug-likeness (QED) is 0.551. The van der Waals surface area contributed by atoms with E-state index in [1.807, 2.05) is 0 Å². The van der Waals surface area contributed by atoms with Gasteiger partial charge in [-0.25, -0.2) is 22.9 Å². The molecular weight excluding hydrogens is 446 g/mol. The first-order chi connectivity index (χ1) is 15.2. The van der Waals surface area contributed by atoms with Crippen LogP contribution in [-0.2, 0) is 4.79 Å². The average Bonchev–Trinajstić information content (AvgIpc) is 3.27. The van der Waals surface area contributed by atoms with E-state index in [-0.39, 0.29) is 27.5 Å². The summed E-state index contributed by atoms with van der Waals surface area (Å²) in [6.45, 7) is 0. The van der Waals surface area contributed by atoms with Crippen molar-refractivity contribution < 1.29 is 23.8 Å². The van der Waals surface area contributed by atoms with Gasteiger partial charge in [-0.1, -0.05) is 23.7 Å². The van der Waals surface area contributed by atoms with Crippen LogP contribution < -0.4 is 5.69 Å². The van der Waals surface area contributed by atoms with Crippen LogP contribution in [0.25, 0.3) is 11.6 Å². The highest BCUT2D eigenvalue weighted by Gasteiger charge is 2.29. The van der Waals surface area contributed by atoms with Crippen LogP contribution >= 0.6 is 11.6 Å². The Morgan fingerprint density at radius 1 is 1.31 bits per heavy atom. The number of aromatic nitrogens is 2. The summed E-state index contributed by atoms with van der Waals surface area (Å²) in [6, 6.07) is 5.71. The molecule has 11 heteroatoms. The Hall–Kier alpha value is -4.23. The number of aliphatic carboxylic acids is 1. The first-order valence-electron chi connectivity index (χ1n) is 8.93. The highest BCUT2D eigenvalue weighted by Crippen LogP contribution is 2.38. The molecule has 3 aromatic rings. The predicted octanol–water partition coefficient (Wildman–Crippen LogP) is 3.62. The average molecular weight is 457 g/mol. The summed E-state index contributed by atoms with van der Waals surface area (Å²) in [5, 5.41) is 29.0. The van der Waals surface area contributed by atoms with Gasteiger partial charge in [0.1, 0.15) is 23.3 Å². The number of nitriles is 1. The predicted molar refractivity (Wildman–Crippen MR) is 111 cm³/mol. The number of allylic oxidation sites excluding steroid dienone is 1. The molecule has 2 aromatic carbocycles. The fraction of sp³-hybridized carbons (Fsp3) is 0.0476. The van der Waals surface area contributed by atoms with Crippen molar-refractivity contribution in [2.24, 2.45) is 4.99 Å². The van der Waals surface area contributed by atoms with Crippen molar-refractivity contribution in [3.05, 3.63) is 79.9 Å². The van der Waals surface area contributed by atoms with Gasteiger partial charge in [-0.15, -0.1) is 0 Å². The number of benzene rings is 2. The molecule has 1 aromatic heterocycles. The molecule has 1 atom stereocenters. The van der Waals surface area contributed by atoms with E-state index in [1.54, 1.807) is 6.07 Å². The molecule has 0 aliphatic carbocycles. The summed E-state index contributed by atoms with van der Waals surface area (Å²) in [6.07, 6.45) is 2.58. The number of rotatable bonds is 4. The number of imidazole rings is 1. The lowest BCUT2D eigenvalue weighted by molar-refractivity contribution is -0.139. The summed E-state index contributed by atoms with van der Waals surface area (Å²) in [4.78, 5) is 30.7. The number of fused-ring (bicyclic) bond motifs is 1. The molecule has 1 aliphatic rings. The van der Waals surface area contributed by atoms with Crippen LogP contribution in [-0.4, -0.2) is 31.9 Å². The molecule has 0 saturated carbocycles. The molecule has 0 fully saturated rings. The number of nitrogens with one attached hydrogen (secondary N) is 1. The monoisotopic (exact) mass is 456 g/mol. The molecule has 1 aliphatic heterocycles. The van der Waals surface area contributed by atoms with Crippen LogP contribution in [0.3, 0.4) is 0 Å². The minimum Gasteiger partial charge on any atom is -0.493 e. The van der Waals surface area contributed by atoms with Gasteiger partial charge in [-0.05, 0) is 29.8 Å². The SMILES string of the molecule is N#Cc1ccc(C(C(=O)O)n2c(O)c(/C=C3\C=Nc4c3ccc(Cl)c4F)[nH]c2=O)cc1F. The van der Waals surface area contributed by atoms with Crippen molar-refractivity contribution >= 4 is 41.1 Å². The van der Waals surface area contributed by atoms with Crippen LogP contribution in [0.15, 0.2) is 40.1 Å². The second-order valence-electron chi connectivity index (χ2n) is 6.74. The first kappa shape index (κ1) is 21.0. The Bertz CT molecular complexity index is 1450. The van der Waals surface area contributed by atoms with Crippen LogP contribution in [0.2, 0.25) is 5.02 Å². The number of carboxylic acid groups (broad SMARTS) is 1. The van der Waals surface area contributed by atoms with E-state index in [2.05, 4.69) is 9.98 Å². The van der Waals surface area contributed by atoms with Crippen molar-refractivity contribution in [1.29, 1.82) is 5.26 Å². The van der Waals surface area contributed by atoms with Gasteiger partial charge in [0.2, 0.25) is 5.88 Å². The van der Waals surface area contributed by atoms with Gasteiger partial charge in [-0.3, -0.25) is 4.99 Å². The van der Waals surface area contributed by atoms with E-state index < -0.39 is 35.2 Å². The summed E-state index contributed by atoms with van der Waals surface area (Å²) in [5.41, 5.74) is -0.959. The lowest BCUT2D eigenvalue weighted by atomic mass is 10.0. The maximum absolute atomic E-state index is 14.1. The summed E-state index contributed by atoms with van der Waals surface area (Å²) in [5.74, 6) is -3.99. The first-order valence-corrected chi connectivity index (χ1v) is 9.30. The molecule has 0 radical (unpaired) electrons. The van der Waals surface area contributed by atoms with Crippen LogP contribution in [0.4, 0.5) is 14.5 Å². The third-order valence-electron chi connectivity index (χ3n) is 4.86. The van der Waals surface area contributed by atoms with E-state index in [1.165, 1.54) is 30.5 Å². The molecule has 0 amide bonds. The third-order valence-corrected chi connectivity index (χ3v) is 5.16. The lowest BCUT2D eigenvalue weighted by Crippen LogP contribution is -2.28. The van der Waals surface area contributed by atoms with Crippen molar-refractivity contribution in [1.82, 2.24) is 9.55 Å². The van der Waals surface area contributed by atoms with Gasteiger partial charge in [0.15, 0.2) is 11.9 Å². The van der Waals surface area contributed by atoms with Gasteiger partial charge >= 0.3 is 11.7 Å². The number of carbonyl (C=O) groups is 1. The summed E-state index contributed by atoms with van der Waals surface area (Å²) < 4.78 is 28.7. The zero-order valence-electron chi connectivity index (χ0n) is 15.8. The van der Waals surface area contributed by atoms with Crippen LogP contribution in [0.1, 0.15) is 28.4 Å². The number of aromatic hydroxyl groups is 1. The van der Waals surface area contributed by atoms with Crippen molar-refractivity contribution in [3.63, 3.8) is 0 Å². The van der Waals surface area contributed by atoms with Gasteiger partial charge in [0.05, 0.1) is 10.6 Å². The number of nitrogens with zero attached hydrogens (tertiary/aromatic N) is 3. The number of aromatic amines is 1. The Labute approximate surface area is 183 Å². The van der Waals surface area contributed by atoms with Crippen LogP contribution in [0.5, 0.6) is 5.88 Å². The molecule has 4 rings (SSSR count). The molecule has 0 spiro atoms. The molecule has 2 heterocycles. The minimum atomic E-state index is -1.78. The number of H-pyrrole nitrogens is 1. The molecule has 160 valence electrons. The van der Waals surface area contributed by atoms with E-state index in [4.69, 9.17) is 16.9 Å². The van der Waals surface area contributed by atoms with Crippen molar-refractivity contribution in [2.45, 2.75) is 6.04 Å². The minimum absolute atomic E-state index is 0.0125. The Morgan fingerprint density at radius 2 is 2.06 bits per heavy atom. The second kappa shape index (κ2) is 7.79. The Kier molecular flexibility index (Phi) is 5.12. The summed E-state index contributed by atoms with van der Waals surface area (Å²) >= 11 is 5.74. The topological polar surface area (TPSA) is 131 Å². The highest BCUT2D eigenvalue weighted by atomic mass is 35.5. The number of aliphatic imine (C=N–C) groups is 1. The molecule has 3 N–H and O–H groups in total. The smallest absolute Gasteiger partial charge is 0.331 e. The van der Waals surface area contributed by atoms with Gasteiger partial charge in [-0.2, -0.15) is 5.26 Å². The standard InChI is InChI=1S/C21H11ClF2N4O4/c22-13-4-3-12-11(8-26-17(12)16(13)24)6-15-19(29)28(21(32)27-15)18(20(30)31)9-1-2-10(7-25)14(23)5-9/h1-6,8,18,29H,(H,27,32)(H,30,31)/b11-6+. The number of hydrogen-bond acceptors (Lipinski definition) is 5. The highest BCUT2D eigenvalue weighted by molar-refractivity contribution is 6.31. The molecule has 32 heavy (non-hydrogen) atoms. The molecule has 0 saturated heterocycles. The second-order valence-corrected chi connectivity index (χ2v) is 7.15. The third kappa shape index (κ3) is 3.34. The molecular formula is C21H11ClF2N4O4. The van der Waals surface area contributed by atoms with Gasteiger partial charge in [0, 0.05) is 17.4 Å². The van der Waals surface area contributed by atoms with E-state index in [0.29, 0.717) is 15.7 Å². The molecule has 1 unspecified atom stereocenters. The molecule has 8 nitrogen and oxygen atoms in total. The Morgan fingerprint density at radius 3 is 2.72 bits per heavy atom. The zero-order chi connectivity index (χ0) is 23.2. The largest absolute Gasteiger partial charge is 0.493 e. The molecule has 0 bridgehead atoms. The Balaban J connectivity index is 1.81. The number of halogens is 3. The van der Waals surface area contributed by atoms with Gasteiger partial charge in [0.25, 0.3) is 0 Å². The van der Waals surface area contributed by atoms with Crippen molar-refractivity contribution in [2.75, 3.05) is 0 Å². The normalized spacial score (nSPS) is 14.4. The summed E-state index contributed by atoms with van der Waals surface area (Å²) in [7, 11) is 0. The lowest BCUT2D eigenvalue weighted by Gasteiger charge is -2.15. The van der Waals surface area contributed by atoms with Crippen molar-refractivity contribution in [3.8, 4) is 11.9 Å². The van der Waals surface area contributed by atoms with E-state index >= 15 is 0 Å². The van der Waals surface area contributed by atoms with E-state index in [9.17, 15) is 28.6 Å². The fourth-order valence-corrected chi connectivity index (χ4v) is 3.52. The maximum atomic E-state index is 14.1. The van der Waals surface area contributed by atoms with Crippen LogP contribution in [0, 0.1) is 23.0 Å². The zero-order valence-corrected chi connectivity index (χ0v) is 16.6.